The van der Waals surface area contributed by atoms with Gasteiger partial charge in [-0.15, -0.1) is 0 Å². The summed E-state index contributed by atoms with van der Waals surface area (Å²) >= 11 is 0. The van der Waals surface area contributed by atoms with Gasteiger partial charge in [-0.3, -0.25) is 9.59 Å². The molecule has 0 aromatic heterocycles. The molecule has 192 valence electrons. The molecular formula is C25H34N2O8. The van der Waals surface area contributed by atoms with Gasteiger partial charge in [-0.2, -0.15) is 0 Å². The van der Waals surface area contributed by atoms with Crippen LogP contribution in [0.1, 0.15) is 47.5 Å². The van der Waals surface area contributed by atoms with E-state index < -0.39 is 12.3 Å². The molecule has 2 aliphatic rings. The summed E-state index contributed by atoms with van der Waals surface area (Å²) in [7, 11) is 1.33. The Labute approximate surface area is 205 Å². The maximum atomic E-state index is 12.8. The van der Waals surface area contributed by atoms with Crippen molar-refractivity contribution in [2.45, 2.75) is 37.9 Å². The maximum Gasteiger partial charge on any atom is 0.337 e. The van der Waals surface area contributed by atoms with Crippen molar-refractivity contribution in [2.24, 2.45) is 0 Å². The number of hydrogen-bond acceptors (Lipinski definition) is 8. The van der Waals surface area contributed by atoms with Crippen LogP contribution in [0.4, 0.5) is 0 Å². The SMILES string of the molecule is COC(=O)c1ccc([C@@H]2C=C(C(=O)NCCCN3CCCC3=O)O[C@H](OCCOCCO)C2)cc1. The third-order valence-electron chi connectivity index (χ3n) is 5.87. The summed E-state index contributed by atoms with van der Waals surface area (Å²) < 4.78 is 21.6. The van der Waals surface area contributed by atoms with Crippen molar-refractivity contribution in [3.8, 4) is 0 Å². The number of esters is 1. The highest BCUT2D eigenvalue weighted by Gasteiger charge is 2.29. The summed E-state index contributed by atoms with van der Waals surface area (Å²) in [4.78, 5) is 38.1. The van der Waals surface area contributed by atoms with Crippen molar-refractivity contribution in [3.63, 3.8) is 0 Å². The molecule has 0 unspecified atom stereocenters. The zero-order chi connectivity index (χ0) is 25.0. The lowest BCUT2D eigenvalue weighted by atomic mass is 9.92. The number of carbonyl (C=O) groups excluding carboxylic acids is 3. The van der Waals surface area contributed by atoms with E-state index in [1.54, 1.807) is 18.2 Å². The summed E-state index contributed by atoms with van der Waals surface area (Å²) in [5.74, 6) is -0.602. The third kappa shape index (κ3) is 8.05. The van der Waals surface area contributed by atoms with E-state index in [1.165, 1.54) is 7.11 Å². The number of methoxy groups -OCH3 is 1. The molecule has 10 heteroatoms. The minimum atomic E-state index is -0.661. The van der Waals surface area contributed by atoms with Crippen LogP contribution in [0.3, 0.4) is 0 Å². The predicted octanol–water partition coefficient (Wildman–Crippen LogP) is 1.34. The summed E-state index contributed by atoms with van der Waals surface area (Å²) in [6, 6.07) is 7.01. The molecule has 0 aliphatic carbocycles. The predicted molar refractivity (Wildman–Crippen MR) is 125 cm³/mol. The molecule has 2 aliphatic heterocycles. The molecule has 0 saturated carbocycles. The van der Waals surface area contributed by atoms with E-state index in [-0.39, 0.29) is 43.3 Å². The van der Waals surface area contributed by atoms with Gasteiger partial charge in [0.15, 0.2) is 5.76 Å². The lowest BCUT2D eigenvalue weighted by Gasteiger charge is -2.29. The van der Waals surface area contributed by atoms with Crippen molar-refractivity contribution in [1.82, 2.24) is 10.2 Å². The minimum Gasteiger partial charge on any atom is -0.465 e. The Hall–Kier alpha value is -2.95. The topological polar surface area (TPSA) is 124 Å². The first-order chi connectivity index (χ1) is 17.0. The average molecular weight is 491 g/mol. The molecule has 10 nitrogen and oxygen atoms in total. The smallest absolute Gasteiger partial charge is 0.337 e. The first-order valence-corrected chi connectivity index (χ1v) is 11.9. The van der Waals surface area contributed by atoms with Gasteiger partial charge in [-0.1, -0.05) is 12.1 Å². The van der Waals surface area contributed by atoms with Gasteiger partial charge in [0.05, 0.1) is 39.1 Å². The van der Waals surface area contributed by atoms with E-state index in [1.807, 2.05) is 17.0 Å². The van der Waals surface area contributed by atoms with Gasteiger partial charge in [0.2, 0.25) is 12.2 Å². The molecule has 35 heavy (non-hydrogen) atoms. The third-order valence-corrected chi connectivity index (χ3v) is 5.87. The minimum absolute atomic E-state index is 0.0669. The molecule has 3 rings (SSSR count). The van der Waals surface area contributed by atoms with Crippen LogP contribution in [0.5, 0.6) is 0 Å². The number of nitrogens with zero attached hydrogens (tertiary/aromatic N) is 1. The number of aliphatic hydroxyl groups excluding tert-OH is 1. The van der Waals surface area contributed by atoms with Crippen LogP contribution >= 0.6 is 0 Å². The fourth-order valence-corrected chi connectivity index (χ4v) is 4.04. The van der Waals surface area contributed by atoms with E-state index in [0.717, 1.165) is 18.5 Å². The number of carbonyl (C=O) groups is 3. The Morgan fingerprint density at radius 1 is 1.20 bits per heavy atom. The van der Waals surface area contributed by atoms with Crippen LogP contribution in [0.2, 0.25) is 0 Å². The number of likely N-dealkylation sites (tertiary alicyclic amines) is 1. The van der Waals surface area contributed by atoms with Gasteiger partial charge in [-0.25, -0.2) is 4.79 Å². The fourth-order valence-electron chi connectivity index (χ4n) is 4.04. The first-order valence-electron chi connectivity index (χ1n) is 11.9. The summed E-state index contributed by atoms with van der Waals surface area (Å²) in [5.41, 5.74) is 1.35. The molecule has 0 radical (unpaired) electrons. The fraction of sp³-hybridized carbons (Fsp3) is 0.560. The van der Waals surface area contributed by atoms with E-state index >= 15 is 0 Å². The number of allylic oxidation sites excluding steroid dienone is 1. The molecule has 1 fully saturated rings. The van der Waals surface area contributed by atoms with Crippen molar-refractivity contribution >= 4 is 17.8 Å². The zero-order valence-corrected chi connectivity index (χ0v) is 20.1. The van der Waals surface area contributed by atoms with Gasteiger partial charge in [0.1, 0.15) is 0 Å². The molecule has 1 aromatic rings. The second-order valence-corrected chi connectivity index (χ2v) is 8.33. The number of rotatable bonds is 13. The Morgan fingerprint density at radius 2 is 2.00 bits per heavy atom. The molecule has 0 bridgehead atoms. The standard InChI is InChI=1S/C25H34N2O8/c1-32-25(31)19-7-5-18(6-8-19)20-16-21(35-23(17-20)34-15-14-33-13-12-28)24(30)26-9-3-11-27-10-2-4-22(27)29/h5-8,16,20,23,28H,2-4,9-15,17H2,1H3,(H,26,30)/t20-,23+/m1/s1. The molecule has 2 amide bonds. The van der Waals surface area contributed by atoms with Gasteiger partial charge in [0.25, 0.3) is 5.91 Å². The van der Waals surface area contributed by atoms with E-state index in [0.29, 0.717) is 44.5 Å². The Kier molecular flexibility index (Phi) is 10.5. The largest absolute Gasteiger partial charge is 0.465 e. The average Bonchev–Trinajstić information content (AvgIpc) is 3.30. The molecule has 1 saturated heterocycles. The van der Waals surface area contributed by atoms with Gasteiger partial charge >= 0.3 is 5.97 Å². The molecule has 2 heterocycles. The number of benzene rings is 1. The Balaban J connectivity index is 1.60. The van der Waals surface area contributed by atoms with E-state index in [4.69, 9.17) is 24.1 Å². The van der Waals surface area contributed by atoms with E-state index in [2.05, 4.69) is 5.32 Å². The number of aliphatic hydroxyl groups is 1. The highest BCUT2D eigenvalue weighted by Crippen LogP contribution is 2.31. The lowest BCUT2D eigenvalue weighted by Crippen LogP contribution is -2.35. The normalized spacial score (nSPS) is 19.8. The monoisotopic (exact) mass is 490 g/mol. The first kappa shape index (κ1) is 26.7. The number of ether oxygens (including phenoxy) is 4. The van der Waals surface area contributed by atoms with Gasteiger partial charge in [-0.05, 0) is 36.6 Å². The second kappa shape index (κ2) is 13.8. The number of hydrogen-bond donors (Lipinski definition) is 2. The second-order valence-electron chi connectivity index (χ2n) is 8.33. The summed E-state index contributed by atoms with van der Waals surface area (Å²) in [6.07, 6.45) is 3.72. The molecule has 0 spiro atoms. The van der Waals surface area contributed by atoms with Gasteiger partial charge in [0, 0.05) is 38.4 Å². The van der Waals surface area contributed by atoms with Crippen LogP contribution < -0.4 is 5.32 Å². The molecular weight excluding hydrogens is 456 g/mol. The van der Waals surface area contributed by atoms with Crippen molar-refractivity contribution in [3.05, 3.63) is 47.2 Å². The maximum absolute atomic E-state index is 12.8. The van der Waals surface area contributed by atoms with Crippen LogP contribution in [-0.4, -0.2) is 87.3 Å². The molecule has 2 atom stereocenters. The number of nitrogens with one attached hydrogen (secondary N) is 1. The Morgan fingerprint density at radius 3 is 2.69 bits per heavy atom. The molecule has 1 aromatic carbocycles. The van der Waals surface area contributed by atoms with Crippen molar-refractivity contribution in [2.75, 3.05) is 53.2 Å². The quantitative estimate of drug-likeness (QED) is 0.314. The highest BCUT2D eigenvalue weighted by molar-refractivity contribution is 5.92. The van der Waals surface area contributed by atoms with Crippen LogP contribution in [0.15, 0.2) is 36.1 Å². The Bertz CT molecular complexity index is 886. The van der Waals surface area contributed by atoms with E-state index in [9.17, 15) is 14.4 Å². The molecule has 2 N–H and O–H groups in total. The zero-order valence-electron chi connectivity index (χ0n) is 20.1. The van der Waals surface area contributed by atoms with Crippen molar-refractivity contribution < 1.29 is 38.4 Å². The van der Waals surface area contributed by atoms with Crippen LogP contribution in [-0.2, 0) is 28.5 Å². The van der Waals surface area contributed by atoms with Gasteiger partial charge < -0.3 is 34.3 Å². The van der Waals surface area contributed by atoms with Crippen LogP contribution in [0, 0.1) is 0 Å². The summed E-state index contributed by atoms with van der Waals surface area (Å²) in [6.45, 7) is 2.51. The van der Waals surface area contributed by atoms with Crippen molar-refractivity contribution in [1.29, 1.82) is 0 Å². The van der Waals surface area contributed by atoms with Crippen LogP contribution in [0.25, 0.3) is 0 Å². The number of amides is 2. The summed E-state index contributed by atoms with van der Waals surface area (Å²) in [5, 5.41) is 11.7. The highest BCUT2D eigenvalue weighted by atomic mass is 16.7. The lowest BCUT2D eigenvalue weighted by molar-refractivity contribution is -0.151.